The lowest BCUT2D eigenvalue weighted by atomic mass is 9.76. The van der Waals surface area contributed by atoms with Crippen LogP contribution in [-0.2, 0) is 27.1 Å². The normalized spacial score (nSPS) is 15.5. The predicted molar refractivity (Wildman–Crippen MR) is 322 cm³/mol. The highest BCUT2D eigenvalue weighted by Gasteiger charge is 2.41. The zero-order valence-corrected chi connectivity index (χ0v) is 45.8. The molecule has 0 heteroatoms. The molecule has 0 N–H and O–H groups in total. The fourth-order valence-electron chi connectivity index (χ4n) is 14.1. The number of fused-ring (bicyclic) bond motifs is 9. The van der Waals surface area contributed by atoms with Crippen LogP contribution >= 0.6 is 0 Å². The molecule has 0 saturated heterocycles. The van der Waals surface area contributed by atoms with Crippen molar-refractivity contribution in [3.8, 4) is 77.9 Å². The predicted octanol–water partition coefficient (Wildman–Crippen LogP) is 20.8. The summed E-state index contributed by atoms with van der Waals surface area (Å²) >= 11 is 0. The zero-order chi connectivity index (χ0) is 51.9. The Morgan fingerprint density at radius 3 is 1.24 bits per heavy atom. The van der Waals surface area contributed by atoms with Crippen LogP contribution in [0.4, 0.5) is 0 Å². The van der Waals surface area contributed by atoms with Gasteiger partial charge in [0.05, 0.1) is 0 Å². The van der Waals surface area contributed by atoms with E-state index in [1.165, 1.54) is 155 Å². The largest absolute Gasteiger partial charge is 0.0616 e. The molecule has 11 aromatic carbocycles. The van der Waals surface area contributed by atoms with Gasteiger partial charge in [-0.1, -0.05) is 235 Å². The van der Waals surface area contributed by atoms with Crippen molar-refractivity contribution >= 4 is 32.3 Å². The number of hydrogen-bond acceptors (Lipinski definition) is 0. The second kappa shape index (κ2) is 15.3. The second-order valence-corrected chi connectivity index (χ2v) is 26.1. The van der Waals surface area contributed by atoms with Gasteiger partial charge < -0.3 is 0 Å². The monoisotopic (exact) mass is 967 g/mol. The van der Waals surface area contributed by atoms with Crippen molar-refractivity contribution in [3.05, 3.63) is 226 Å². The van der Waals surface area contributed by atoms with E-state index in [4.69, 9.17) is 0 Å². The molecule has 0 saturated carbocycles. The van der Waals surface area contributed by atoms with Gasteiger partial charge in [-0.25, -0.2) is 0 Å². The molecule has 3 aliphatic rings. The lowest BCUT2D eigenvalue weighted by Gasteiger charge is -2.28. The van der Waals surface area contributed by atoms with Crippen molar-refractivity contribution in [2.45, 2.75) is 110 Å². The highest BCUT2D eigenvalue weighted by atomic mass is 14.4. The second-order valence-electron chi connectivity index (χ2n) is 26.1. The van der Waals surface area contributed by atoms with E-state index in [1.54, 1.807) is 0 Å². The Morgan fingerprint density at radius 1 is 0.267 bits per heavy atom. The third-order valence-corrected chi connectivity index (χ3v) is 18.6. The van der Waals surface area contributed by atoms with Gasteiger partial charge in [0.15, 0.2) is 0 Å². The Bertz CT molecular complexity index is 4250. The third kappa shape index (κ3) is 6.54. The Kier molecular flexibility index (Phi) is 9.39. The van der Waals surface area contributed by atoms with E-state index in [-0.39, 0.29) is 27.1 Å². The molecule has 3 aliphatic carbocycles. The summed E-state index contributed by atoms with van der Waals surface area (Å²) in [6.45, 7) is 28.7. The lowest BCUT2D eigenvalue weighted by molar-refractivity contribution is 0.580. The van der Waals surface area contributed by atoms with Gasteiger partial charge in [0, 0.05) is 16.2 Å². The molecule has 0 radical (unpaired) electrons. The van der Waals surface area contributed by atoms with Crippen molar-refractivity contribution in [1.82, 2.24) is 0 Å². The molecule has 0 aromatic heterocycles. The molecule has 75 heavy (non-hydrogen) atoms. The van der Waals surface area contributed by atoms with E-state index in [9.17, 15) is 0 Å². The minimum absolute atomic E-state index is 0.00654. The first-order chi connectivity index (χ1) is 35.7. The van der Waals surface area contributed by atoms with Crippen LogP contribution in [0.5, 0.6) is 0 Å². The molecular formula is C75H66. The van der Waals surface area contributed by atoms with E-state index >= 15 is 0 Å². The summed E-state index contributed by atoms with van der Waals surface area (Å²) in [4.78, 5) is 0. The number of hydrogen-bond donors (Lipinski definition) is 0. The lowest BCUT2D eigenvalue weighted by Crippen LogP contribution is -2.19. The first-order valence-electron chi connectivity index (χ1n) is 27.4. The molecule has 0 nitrogen and oxygen atoms in total. The maximum atomic E-state index is 2.54. The molecule has 14 rings (SSSR count). The van der Waals surface area contributed by atoms with Crippen molar-refractivity contribution in [3.63, 3.8) is 0 Å². The van der Waals surface area contributed by atoms with Crippen LogP contribution < -0.4 is 0 Å². The van der Waals surface area contributed by atoms with E-state index in [1.807, 2.05) is 0 Å². The van der Waals surface area contributed by atoms with Gasteiger partial charge in [-0.15, -0.1) is 0 Å². The van der Waals surface area contributed by atoms with Crippen LogP contribution in [0.25, 0.3) is 110 Å². The van der Waals surface area contributed by atoms with E-state index in [2.05, 4.69) is 265 Å². The smallest absolute Gasteiger partial charge is 0.0159 e. The Hall–Kier alpha value is -7.54. The average Bonchev–Trinajstić information content (AvgIpc) is 3.87. The fraction of sp³-hybridized carbons (Fsp3) is 0.227. The van der Waals surface area contributed by atoms with E-state index in [0.717, 1.165) is 0 Å². The number of rotatable bonds is 4. The first-order valence-corrected chi connectivity index (χ1v) is 27.4. The van der Waals surface area contributed by atoms with Crippen LogP contribution in [0.1, 0.15) is 128 Å². The molecule has 0 bridgehead atoms. The summed E-state index contributed by atoms with van der Waals surface area (Å²) in [7, 11) is 0. The van der Waals surface area contributed by atoms with Gasteiger partial charge in [0.2, 0.25) is 0 Å². The van der Waals surface area contributed by atoms with Crippen LogP contribution in [0.3, 0.4) is 0 Å². The van der Waals surface area contributed by atoms with Gasteiger partial charge >= 0.3 is 0 Å². The summed E-state index contributed by atoms with van der Waals surface area (Å²) in [6, 6.07) is 71.0. The van der Waals surface area contributed by atoms with Crippen molar-refractivity contribution in [2.24, 2.45) is 0 Å². The van der Waals surface area contributed by atoms with Gasteiger partial charge in [-0.3, -0.25) is 0 Å². The molecule has 0 heterocycles. The SMILES string of the molecule is CC(C)(C)c1ccc2c(c1)C(C)(C)c1cc(C(C)(C)C)cc(-c3ccc4c(c3)C(C)(C)c3cc(-c5ccc6c(c5)C(C)(C)c5cc(-c7ccccc7-c7ccc8ccc9cccc%10ccc7c8c9%10)ccc5-6)ccc3-4)c1-2. The van der Waals surface area contributed by atoms with Crippen LogP contribution in [0, 0.1) is 0 Å². The van der Waals surface area contributed by atoms with Crippen molar-refractivity contribution in [2.75, 3.05) is 0 Å². The minimum Gasteiger partial charge on any atom is -0.0616 e. The zero-order valence-electron chi connectivity index (χ0n) is 45.8. The highest BCUT2D eigenvalue weighted by Crippen LogP contribution is 2.57. The van der Waals surface area contributed by atoms with E-state index < -0.39 is 0 Å². The Balaban J connectivity index is 0.812. The summed E-state index contributed by atoms with van der Waals surface area (Å²) in [5.74, 6) is 0. The van der Waals surface area contributed by atoms with Crippen LogP contribution in [0.15, 0.2) is 182 Å². The van der Waals surface area contributed by atoms with Crippen LogP contribution in [0.2, 0.25) is 0 Å². The van der Waals surface area contributed by atoms with Gasteiger partial charge in [-0.2, -0.15) is 0 Å². The molecule has 366 valence electrons. The van der Waals surface area contributed by atoms with E-state index in [0.29, 0.717) is 0 Å². The Morgan fingerprint density at radius 2 is 0.680 bits per heavy atom. The standard InChI is InChI=1S/C75H66/c1-71(2,3)50-28-35-60-66(41-50)75(11,12)67-42-51(72(4,5)6)40-61(70(60)67)49-27-33-58-56-31-25-47(37-63(56)74(9,10)65(58)39-49)46-24-30-55-57-32-26-48(38-64(57)73(7,8)62(55)36-46)52-18-13-14-19-53(52)54-29-22-45-21-20-43-16-15-17-44-23-34-59(54)69(45)68(43)44/h13-42H,1-12H3. The summed E-state index contributed by atoms with van der Waals surface area (Å²) in [5.41, 5.74) is 29.3. The molecule has 11 aromatic rings. The molecular weight excluding hydrogens is 901 g/mol. The quantitative estimate of drug-likeness (QED) is 0.154. The molecule has 0 aliphatic heterocycles. The fourth-order valence-corrected chi connectivity index (χ4v) is 14.1. The first kappa shape index (κ1) is 46.0. The Labute approximate surface area is 444 Å². The minimum atomic E-state index is -0.184. The van der Waals surface area contributed by atoms with Crippen LogP contribution in [-0.4, -0.2) is 0 Å². The third-order valence-electron chi connectivity index (χ3n) is 18.6. The highest BCUT2D eigenvalue weighted by molar-refractivity contribution is 6.25. The molecule has 0 atom stereocenters. The maximum Gasteiger partial charge on any atom is 0.0159 e. The van der Waals surface area contributed by atoms with Gasteiger partial charge in [-0.05, 0) is 196 Å². The van der Waals surface area contributed by atoms with Gasteiger partial charge in [0.1, 0.15) is 0 Å². The average molecular weight is 967 g/mol. The summed E-state index contributed by atoms with van der Waals surface area (Å²) < 4.78 is 0. The molecule has 0 fully saturated rings. The molecule has 0 unspecified atom stereocenters. The topological polar surface area (TPSA) is 0 Å². The molecule has 0 spiro atoms. The van der Waals surface area contributed by atoms with Gasteiger partial charge in [0.25, 0.3) is 0 Å². The molecule has 0 amide bonds. The maximum absolute atomic E-state index is 2.54. The van der Waals surface area contributed by atoms with Crippen molar-refractivity contribution < 1.29 is 0 Å². The van der Waals surface area contributed by atoms with Crippen molar-refractivity contribution in [1.29, 1.82) is 0 Å². The number of benzene rings is 11. The summed E-state index contributed by atoms with van der Waals surface area (Å²) in [5, 5.41) is 7.91. The summed E-state index contributed by atoms with van der Waals surface area (Å²) in [6.07, 6.45) is 0.